The van der Waals surface area contributed by atoms with Crippen LogP contribution in [0.3, 0.4) is 0 Å². The summed E-state index contributed by atoms with van der Waals surface area (Å²) in [5.41, 5.74) is 4.36. The van der Waals surface area contributed by atoms with E-state index in [1.807, 2.05) is 19.1 Å². The lowest BCUT2D eigenvalue weighted by atomic mass is 10.2. The summed E-state index contributed by atoms with van der Waals surface area (Å²) >= 11 is 5.78. The number of esters is 1. The predicted molar refractivity (Wildman–Crippen MR) is 75.9 cm³/mol. The molecule has 0 amide bonds. The van der Waals surface area contributed by atoms with Crippen molar-refractivity contribution in [3.63, 3.8) is 0 Å². The van der Waals surface area contributed by atoms with E-state index in [1.165, 1.54) is 0 Å². The third kappa shape index (κ3) is 6.25. The number of benzene rings is 1. The van der Waals surface area contributed by atoms with Gasteiger partial charge in [-0.3, -0.25) is 4.79 Å². The molecule has 19 heavy (non-hydrogen) atoms. The van der Waals surface area contributed by atoms with Gasteiger partial charge in [-0.2, -0.15) is 0 Å². The third-order valence-corrected chi connectivity index (χ3v) is 2.62. The zero-order valence-electron chi connectivity index (χ0n) is 10.9. The zero-order chi connectivity index (χ0) is 14.1. The molecule has 1 aromatic carbocycles. The van der Waals surface area contributed by atoms with Crippen LogP contribution < -0.4 is 0 Å². The van der Waals surface area contributed by atoms with E-state index in [-0.39, 0.29) is 19.2 Å². The Morgan fingerprint density at radius 1 is 1.42 bits per heavy atom. The van der Waals surface area contributed by atoms with Crippen LogP contribution in [0.4, 0.5) is 0 Å². The van der Waals surface area contributed by atoms with Crippen LogP contribution in [0.1, 0.15) is 25.3 Å². The molecular formula is C15H17ClO3. The fraction of sp³-hybridized carbons (Fsp3) is 0.333. The van der Waals surface area contributed by atoms with Crippen LogP contribution in [-0.4, -0.2) is 24.3 Å². The molecule has 0 aliphatic carbocycles. The monoisotopic (exact) mass is 280 g/mol. The Hall–Kier alpha value is -1.54. The van der Waals surface area contributed by atoms with Crippen LogP contribution in [0.25, 0.3) is 6.08 Å². The van der Waals surface area contributed by atoms with E-state index < -0.39 is 0 Å². The molecule has 0 aromatic heterocycles. The summed E-state index contributed by atoms with van der Waals surface area (Å²) in [7, 11) is 0. The van der Waals surface area contributed by atoms with Crippen LogP contribution in [0.15, 0.2) is 35.6 Å². The van der Waals surface area contributed by atoms with Crippen molar-refractivity contribution in [3.05, 3.63) is 46.2 Å². The minimum Gasteiger partial charge on any atom is -0.460 e. The van der Waals surface area contributed by atoms with Crippen molar-refractivity contribution in [2.24, 2.45) is 0 Å². The minimum absolute atomic E-state index is 0.0689. The molecule has 0 heterocycles. The Kier molecular flexibility index (Phi) is 6.98. The van der Waals surface area contributed by atoms with Crippen LogP contribution >= 0.6 is 11.6 Å². The number of hydrogen-bond donors (Lipinski definition) is 1. The first-order chi connectivity index (χ1) is 9.15. The van der Waals surface area contributed by atoms with Crippen molar-refractivity contribution in [2.45, 2.75) is 19.8 Å². The third-order valence-electron chi connectivity index (χ3n) is 2.37. The second-order valence-corrected chi connectivity index (χ2v) is 4.45. The number of hydrogen-bond acceptors (Lipinski definition) is 3. The molecule has 0 spiro atoms. The van der Waals surface area contributed by atoms with E-state index in [2.05, 4.69) is 5.73 Å². The van der Waals surface area contributed by atoms with Gasteiger partial charge in [-0.15, -0.1) is 5.73 Å². The summed E-state index contributed by atoms with van der Waals surface area (Å²) in [6, 6.07) is 7.23. The number of rotatable bonds is 6. The fourth-order valence-corrected chi connectivity index (χ4v) is 1.45. The van der Waals surface area contributed by atoms with E-state index in [4.69, 9.17) is 21.4 Å². The largest absolute Gasteiger partial charge is 0.460 e. The van der Waals surface area contributed by atoms with Crippen molar-refractivity contribution in [2.75, 3.05) is 13.2 Å². The lowest BCUT2D eigenvalue weighted by molar-refractivity contribution is -0.142. The van der Waals surface area contributed by atoms with Crippen LogP contribution in [0, 0.1) is 0 Å². The molecule has 0 fully saturated rings. The van der Waals surface area contributed by atoms with Gasteiger partial charge in [0.25, 0.3) is 0 Å². The Morgan fingerprint density at radius 2 is 2.11 bits per heavy atom. The number of aliphatic hydroxyl groups is 1. The van der Waals surface area contributed by atoms with Gasteiger partial charge in [-0.05, 0) is 30.2 Å². The Labute approximate surface area is 118 Å². The van der Waals surface area contributed by atoms with Gasteiger partial charge < -0.3 is 9.84 Å². The summed E-state index contributed by atoms with van der Waals surface area (Å²) in [4.78, 5) is 11.2. The maximum atomic E-state index is 11.2. The fourth-order valence-electron chi connectivity index (χ4n) is 1.32. The number of ether oxygens (including phenoxy) is 1. The number of carbonyl (C=O) groups excluding carboxylic acids is 1. The van der Waals surface area contributed by atoms with Gasteiger partial charge in [-0.1, -0.05) is 30.7 Å². The second kappa shape index (κ2) is 8.54. The SMILES string of the molecule is CCCC(=O)OCC(=C=Cc1ccc(Cl)cc1)CO. The molecule has 0 aliphatic rings. The summed E-state index contributed by atoms with van der Waals surface area (Å²) in [6.07, 6.45) is 2.85. The molecule has 1 aromatic rings. The highest BCUT2D eigenvalue weighted by Gasteiger charge is 2.02. The van der Waals surface area contributed by atoms with Gasteiger partial charge >= 0.3 is 5.97 Å². The molecule has 0 bridgehead atoms. The summed E-state index contributed by atoms with van der Waals surface area (Å²) in [6.45, 7) is 1.79. The van der Waals surface area contributed by atoms with E-state index in [0.29, 0.717) is 17.0 Å². The van der Waals surface area contributed by atoms with E-state index in [9.17, 15) is 4.79 Å². The molecule has 0 aliphatic heterocycles. The van der Waals surface area contributed by atoms with Gasteiger partial charge in [0, 0.05) is 17.0 Å². The van der Waals surface area contributed by atoms with Crippen LogP contribution in [-0.2, 0) is 9.53 Å². The maximum absolute atomic E-state index is 11.2. The Balaban J connectivity index is 2.65. The molecule has 1 rings (SSSR count). The standard InChI is InChI=1S/C15H17ClO3/c1-2-3-15(18)19-11-13(10-17)5-4-12-6-8-14(16)9-7-12/h4,6-9,17H,2-3,10-11H2,1H3. The summed E-state index contributed by atoms with van der Waals surface area (Å²) in [5.74, 6) is -0.262. The zero-order valence-corrected chi connectivity index (χ0v) is 11.6. The average molecular weight is 281 g/mol. The minimum atomic E-state index is -0.262. The van der Waals surface area contributed by atoms with Gasteiger partial charge in [0.05, 0.1) is 6.61 Å². The average Bonchev–Trinajstić information content (AvgIpc) is 2.41. The highest BCUT2D eigenvalue weighted by Crippen LogP contribution is 2.10. The molecular weight excluding hydrogens is 264 g/mol. The highest BCUT2D eigenvalue weighted by atomic mass is 35.5. The quantitative estimate of drug-likeness (QED) is 0.643. The molecule has 4 heteroatoms. The molecule has 1 N–H and O–H groups in total. The normalized spacial score (nSPS) is 9.63. The maximum Gasteiger partial charge on any atom is 0.306 e. The van der Waals surface area contributed by atoms with Gasteiger partial charge in [-0.25, -0.2) is 0 Å². The summed E-state index contributed by atoms with van der Waals surface area (Å²) in [5, 5.41) is 9.82. The van der Waals surface area contributed by atoms with Crippen molar-refractivity contribution >= 4 is 23.6 Å². The second-order valence-electron chi connectivity index (χ2n) is 4.01. The van der Waals surface area contributed by atoms with Crippen LogP contribution in [0.2, 0.25) is 5.02 Å². The van der Waals surface area contributed by atoms with Crippen molar-refractivity contribution in [3.8, 4) is 0 Å². The molecule has 102 valence electrons. The van der Waals surface area contributed by atoms with Gasteiger partial charge in [0.1, 0.15) is 6.61 Å². The molecule has 3 nitrogen and oxygen atoms in total. The smallest absolute Gasteiger partial charge is 0.306 e. The van der Waals surface area contributed by atoms with Crippen molar-refractivity contribution < 1.29 is 14.6 Å². The van der Waals surface area contributed by atoms with Crippen molar-refractivity contribution in [1.82, 2.24) is 0 Å². The Morgan fingerprint density at radius 3 is 2.68 bits per heavy atom. The van der Waals surface area contributed by atoms with Gasteiger partial charge in [0.15, 0.2) is 0 Å². The van der Waals surface area contributed by atoms with Crippen molar-refractivity contribution in [1.29, 1.82) is 0 Å². The van der Waals surface area contributed by atoms with E-state index in [1.54, 1.807) is 18.2 Å². The first-order valence-corrected chi connectivity index (χ1v) is 6.50. The topological polar surface area (TPSA) is 46.5 Å². The highest BCUT2D eigenvalue weighted by molar-refractivity contribution is 6.30. The van der Waals surface area contributed by atoms with Gasteiger partial charge in [0.2, 0.25) is 0 Å². The lowest BCUT2D eigenvalue weighted by Crippen LogP contribution is -2.08. The van der Waals surface area contributed by atoms with Crippen LogP contribution in [0.5, 0.6) is 0 Å². The molecule has 0 radical (unpaired) electrons. The first kappa shape index (κ1) is 15.5. The molecule has 0 saturated carbocycles. The van der Waals surface area contributed by atoms with E-state index in [0.717, 1.165) is 12.0 Å². The summed E-state index contributed by atoms with van der Waals surface area (Å²) < 4.78 is 5.00. The first-order valence-electron chi connectivity index (χ1n) is 6.12. The number of aliphatic hydroxyl groups excluding tert-OH is 1. The lowest BCUT2D eigenvalue weighted by Gasteiger charge is -2.03. The molecule has 0 atom stereocenters. The molecule has 0 saturated heterocycles. The van der Waals surface area contributed by atoms with E-state index >= 15 is 0 Å². The number of carbonyl (C=O) groups is 1. The number of halogens is 1. The Bertz CT molecular complexity index is 471. The predicted octanol–water partition coefficient (Wildman–Crippen LogP) is 3.21. The molecule has 0 unspecified atom stereocenters.